The number of carboxylic acids is 1. The quantitative estimate of drug-likeness (QED) is 0.472. The predicted molar refractivity (Wildman–Crippen MR) is 130 cm³/mol. The van der Waals surface area contributed by atoms with Gasteiger partial charge in [-0.15, -0.1) is 0 Å². The van der Waals surface area contributed by atoms with Crippen LogP contribution < -0.4 is 0 Å². The van der Waals surface area contributed by atoms with Gasteiger partial charge in [-0.2, -0.15) is 0 Å². The molecule has 1 N–H and O–H groups in total. The molecule has 0 bridgehead atoms. The third-order valence-electron chi connectivity index (χ3n) is 6.52. The summed E-state index contributed by atoms with van der Waals surface area (Å²) in [4.78, 5) is 39.6. The van der Waals surface area contributed by atoms with E-state index >= 15 is 0 Å². The number of nitrogens with zero attached hydrogens (tertiary/aromatic N) is 1. The van der Waals surface area contributed by atoms with Crippen molar-refractivity contribution in [3.05, 3.63) is 69.7 Å². The second-order valence-electron chi connectivity index (χ2n) is 9.17. The Balaban J connectivity index is 2.24. The Labute approximate surface area is 204 Å². The van der Waals surface area contributed by atoms with Crippen molar-refractivity contribution in [2.45, 2.75) is 64.5 Å². The van der Waals surface area contributed by atoms with E-state index in [1.165, 1.54) is 6.92 Å². The van der Waals surface area contributed by atoms with Gasteiger partial charge in [0.1, 0.15) is 5.78 Å². The minimum Gasteiger partial charge on any atom is -0.481 e. The summed E-state index contributed by atoms with van der Waals surface area (Å²) in [6.07, 6.45) is 0.834. The Morgan fingerprint density at radius 1 is 1.12 bits per heavy atom. The number of amides is 1. The van der Waals surface area contributed by atoms with Gasteiger partial charge in [0.2, 0.25) is 5.91 Å². The van der Waals surface area contributed by atoms with Crippen LogP contribution in [0.25, 0.3) is 0 Å². The van der Waals surface area contributed by atoms with Crippen LogP contribution in [0.2, 0.25) is 10.0 Å². The molecule has 5 nitrogen and oxygen atoms in total. The Morgan fingerprint density at radius 3 is 2.33 bits per heavy atom. The molecule has 0 saturated carbocycles. The zero-order valence-corrected chi connectivity index (χ0v) is 20.6. The van der Waals surface area contributed by atoms with Crippen LogP contribution in [0.1, 0.15) is 69.5 Å². The lowest BCUT2D eigenvalue weighted by molar-refractivity contribution is -0.161. The van der Waals surface area contributed by atoms with Gasteiger partial charge in [-0.25, -0.2) is 0 Å². The van der Waals surface area contributed by atoms with Gasteiger partial charge in [0.25, 0.3) is 0 Å². The minimum absolute atomic E-state index is 0.0191. The normalized spacial score (nSPS) is 23.9. The average molecular weight is 490 g/mol. The zero-order chi connectivity index (χ0) is 24.3. The summed E-state index contributed by atoms with van der Waals surface area (Å²) < 4.78 is 0. The van der Waals surface area contributed by atoms with E-state index in [0.29, 0.717) is 22.9 Å². The molecule has 1 unspecified atom stereocenters. The molecule has 2 aromatic rings. The molecule has 0 spiro atoms. The van der Waals surface area contributed by atoms with Crippen LogP contribution in [0.5, 0.6) is 0 Å². The molecule has 1 fully saturated rings. The predicted octanol–water partition coefficient (Wildman–Crippen LogP) is 6.29. The molecular weight excluding hydrogens is 461 g/mol. The summed E-state index contributed by atoms with van der Waals surface area (Å²) in [5.41, 5.74) is 0.692. The summed E-state index contributed by atoms with van der Waals surface area (Å²) in [6.45, 7) is 5.17. The number of benzene rings is 2. The van der Waals surface area contributed by atoms with Crippen molar-refractivity contribution in [1.29, 1.82) is 0 Å². The molecule has 176 valence electrons. The summed E-state index contributed by atoms with van der Waals surface area (Å²) >= 11 is 12.5. The topological polar surface area (TPSA) is 74.7 Å². The lowest BCUT2D eigenvalue weighted by Crippen LogP contribution is -2.56. The van der Waals surface area contributed by atoms with Gasteiger partial charge in [0.05, 0.1) is 17.9 Å². The number of piperidine rings is 1. The Bertz CT molecular complexity index is 1040. The van der Waals surface area contributed by atoms with Crippen LogP contribution in [-0.4, -0.2) is 33.7 Å². The molecule has 0 aliphatic carbocycles. The van der Waals surface area contributed by atoms with E-state index in [1.54, 1.807) is 30.0 Å². The molecule has 1 heterocycles. The van der Waals surface area contributed by atoms with Crippen molar-refractivity contribution in [3.8, 4) is 0 Å². The van der Waals surface area contributed by atoms with Crippen molar-refractivity contribution in [1.82, 2.24) is 4.90 Å². The fraction of sp³-hybridized carbons (Fsp3) is 0.423. The standard InChI is InChI=1S/C26H29Cl2NO4/c1-4-21(12-16(2)30)29-24(17-8-10-19(27)11-9-17)22(18-6-5-7-20(28)13-18)14-26(3,25(29)33)15-23(31)32/h5-11,13,21-22,24H,4,12,14-15H2,1-3H3,(H,31,32)/t21-,22+,24?,26+/m0/s1. The third kappa shape index (κ3) is 5.59. The number of carbonyl (C=O) groups is 3. The smallest absolute Gasteiger partial charge is 0.304 e. The highest BCUT2D eigenvalue weighted by Gasteiger charge is 2.52. The van der Waals surface area contributed by atoms with Crippen LogP contribution in [0.15, 0.2) is 48.5 Å². The van der Waals surface area contributed by atoms with Gasteiger partial charge >= 0.3 is 5.97 Å². The van der Waals surface area contributed by atoms with E-state index < -0.39 is 11.4 Å². The Kier molecular flexibility index (Phi) is 7.86. The first-order chi connectivity index (χ1) is 15.6. The molecular formula is C26H29Cl2NO4. The molecule has 1 aliphatic rings. The van der Waals surface area contributed by atoms with Gasteiger partial charge in [0, 0.05) is 28.4 Å². The first-order valence-electron chi connectivity index (χ1n) is 11.1. The molecule has 1 amide bonds. The Morgan fingerprint density at radius 2 is 1.79 bits per heavy atom. The molecule has 33 heavy (non-hydrogen) atoms. The van der Waals surface area contributed by atoms with Crippen molar-refractivity contribution in [3.63, 3.8) is 0 Å². The first kappa shape index (κ1) is 25.3. The maximum absolute atomic E-state index is 14.0. The van der Waals surface area contributed by atoms with E-state index in [4.69, 9.17) is 23.2 Å². The molecule has 4 atom stereocenters. The van der Waals surface area contributed by atoms with Gasteiger partial charge in [-0.3, -0.25) is 14.4 Å². The molecule has 7 heteroatoms. The summed E-state index contributed by atoms with van der Waals surface area (Å²) in [7, 11) is 0. The maximum atomic E-state index is 14.0. The maximum Gasteiger partial charge on any atom is 0.304 e. The van der Waals surface area contributed by atoms with Crippen LogP contribution >= 0.6 is 23.2 Å². The fourth-order valence-corrected chi connectivity index (χ4v) is 5.38. The molecule has 0 radical (unpaired) electrons. The molecule has 3 rings (SSSR count). The molecule has 1 aliphatic heterocycles. The van der Waals surface area contributed by atoms with Gasteiger partial charge in [-0.1, -0.05) is 61.3 Å². The molecule has 1 saturated heterocycles. The van der Waals surface area contributed by atoms with Gasteiger partial charge < -0.3 is 10.0 Å². The monoisotopic (exact) mass is 489 g/mol. The highest BCUT2D eigenvalue weighted by atomic mass is 35.5. The van der Waals surface area contributed by atoms with Crippen LogP contribution in [-0.2, 0) is 14.4 Å². The van der Waals surface area contributed by atoms with Crippen molar-refractivity contribution in [2.75, 3.05) is 0 Å². The number of aliphatic carboxylic acids is 1. The number of hydrogen-bond acceptors (Lipinski definition) is 3. The number of hydrogen-bond donors (Lipinski definition) is 1. The second-order valence-corrected chi connectivity index (χ2v) is 10.0. The van der Waals surface area contributed by atoms with Gasteiger partial charge in [-0.05, 0) is 55.2 Å². The van der Waals surface area contributed by atoms with Crippen LogP contribution in [0, 0.1) is 5.41 Å². The van der Waals surface area contributed by atoms with E-state index in [2.05, 4.69) is 0 Å². The van der Waals surface area contributed by atoms with E-state index in [-0.39, 0.29) is 42.5 Å². The van der Waals surface area contributed by atoms with E-state index in [1.807, 2.05) is 37.3 Å². The number of likely N-dealkylation sites (tertiary alicyclic amines) is 1. The van der Waals surface area contributed by atoms with Crippen LogP contribution in [0.3, 0.4) is 0 Å². The number of ketones is 1. The number of Topliss-reactive ketones (excluding diaryl/α,β-unsaturated/α-hetero) is 1. The van der Waals surface area contributed by atoms with Crippen molar-refractivity contribution in [2.24, 2.45) is 5.41 Å². The van der Waals surface area contributed by atoms with E-state index in [9.17, 15) is 19.5 Å². The first-order valence-corrected chi connectivity index (χ1v) is 11.9. The van der Waals surface area contributed by atoms with Crippen LogP contribution in [0.4, 0.5) is 0 Å². The Hall–Kier alpha value is -2.37. The van der Waals surface area contributed by atoms with Gasteiger partial charge in [0.15, 0.2) is 0 Å². The largest absolute Gasteiger partial charge is 0.481 e. The van der Waals surface area contributed by atoms with Crippen molar-refractivity contribution < 1.29 is 19.5 Å². The second kappa shape index (κ2) is 10.3. The molecule has 2 aromatic carbocycles. The average Bonchev–Trinajstić information content (AvgIpc) is 2.74. The number of carboxylic acid groups (broad SMARTS) is 1. The minimum atomic E-state index is -1.12. The molecule has 0 aromatic heterocycles. The van der Waals surface area contributed by atoms with Crippen molar-refractivity contribution >= 4 is 40.9 Å². The summed E-state index contributed by atoms with van der Waals surface area (Å²) in [5, 5.41) is 10.8. The number of halogens is 2. The summed E-state index contributed by atoms with van der Waals surface area (Å²) in [5.74, 6) is -1.50. The summed E-state index contributed by atoms with van der Waals surface area (Å²) in [6, 6.07) is 14.1. The third-order valence-corrected chi connectivity index (χ3v) is 7.01. The fourth-order valence-electron chi connectivity index (χ4n) is 5.05. The lowest BCUT2D eigenvalue weighted by atomic mass is 9.67. The number of carbonyl (C=O) groups excluding carboxylic acids is 2. The van der Waals surface area contributed by atoms with E-state index in [0.717, 1.165) is 11.1 Å². The zero-order valence-electron chi connectivity index (χ0n) is 19.1. The number of rotatable bonds is 8. The highest BCUT2D eigenvalue weighted by Crippen LogP contribution is 2.52. The highest BCUT2D eigenvalue weighted by molar-refractivity contribution is 6.30. The lowest BCUT2D eigenvalue weighted by Gasteiger charge is -2.51. The SMILES string of the molecule is CC[C@@H](CC(C)=O)N1C(=O)[C@@](C)(CC(=O)O)C[C@H](c2cccc(Cl)c2)C1c1ccc(Cl)cc1.